The fourth-order valence-corrected chi connectivity index (χ4v) is 4.03. The van der Waals surface area contributed by atoms with Crippen LogP contribution >= 0.6 is 0 Å². The lowest BCUT2D eigenvalue weighted by Crippen LogP contribution is -2.57. The minimum absolute atomic E-state index is 0.163. The molecule has 0 heterocycles. The molecule has 2 aliphatic rings. The van der Waals surface area contributed by atoms with Gasteiger partial charge in [-0.2, -0.15) is 0 Å². The van der Waals surface area contributed by atoms with Crippen LogP contribution in [0.5, 0.6) is 0 Å². The van der Waals surface area contributed by atoms with Crippen LogP contribution in [0.1, 0.15) is 59.3 Å². The van der Waals surface area contributed by atoms with Crippen molar-refractivity contribution in [1.29, 1.82) is 0 Å². The third-order valence-electron chi connectivity index (χ3n) is 5.53. The Kier molecular flexibility index (Phi) is 2.94. The Morgan fingerprint density at radius 2 is 2.00 bits per heavy atom. The average Bonchev–Trinajstić information content (AvgIpc) is 2.20. The first-order valence-electron chi connectivity index (χ1n) is 6.77. The topological polar surface area (TPSA) is 20.2 Å². The van der Waals surface area contributed by atoms with Crippen LogP contribution in [0.4, 0.5) is 0 Å². The number of rotatable bonds is 1. The summed E-state index contributed by atoms with van der Waals surface area (Å²) >= 11 is 0. The van der Waals surface area contributed by atoms with Gasteiger partial charge in [0.1, 0.15) is 0 Å². The second-order valence-corrected chi connectivity index (χ2v) is 6.56. The van der Waals surface area contributed by atoms with Crippen molar-refractivity contribution in [3.8, 4) is 0 Å². The highest BCUT2D eigenvalue weighted by atomic mass is 16.3. The van der Waals surface area contributed by atoms with Crippen LogP contribution in [0.3, 0.4) is 0 Å². The summed E-state index contributed by atoms with van der Waals surface area (Å²) in [6.45, 7) is 10.7. The summed E-state index contributed by atoms with van der Waals surface area (Å²) in [5, 5.41) is 11.1. The van der Waals surface area contributed by atoms with Crippen molar-refractivity contribution in [2.75, 3.05) is 0 Å². The van der Waals surface area contributed by atoms with E-state index in [1.165, 1.54) is 37.7 Å². The minimum Gasteiger partial charge on any atom is -0.389 e. The van der Waals surface area contributed by atoms with Gasteiger partial charge in [0.15, 0.2) is 0 Å². The second kappa shape index (κ2) is 3.87. The van der Waals surface area contributed by atoms with Crippen molar-refractivity contribution in [2.45, 2.75) is 64.9 Å². The lowest BCUT2D eigenvalue weighted by atomic mass is 9.51. The zero-order valence-corrected chi connectivity index (χ0v) is 11.1. The maximum absolute atomic E-state index is 11.1. The summed E-state index contributed by atoms with van der Waals surface area (Å²) in [6.07, 6.45) is 7.02. The van der Waals surface area contributed by atoms with E-state index in [0.29, 0.717) is 11.8 Å². The molecule has 0 spiro atoms. The Morgan fingerprint density at radius 3 is 2.62 bits per heavy atom. The first-order valence-corrected chi connectivity index (χ1v) is 6.77. The smallest absolute Gasteiger partial charge is 0.0732 e. The molecule has 1 heteroatoms. The van der Waals surface area contributed by atoms with Gasteiger partial charge in [0.05, 0.1) is 5.60 Å². The minimum atomic E-state index is -0.437. The second-order valence-electron chi connectivity index (χ2n) is 6.56. The van der Waals surface area contributed by atoms with E-state index in [4.69, 9.17) is 0 Å². The summed E-state index contributed by atoms with van der Waals surface area (Å²) in [5.41, 5.74) is 0.984. The van der Waals surface area contributed by atoms with Crippen molar-refractivity contribution in [1.82, 2.24) is 0 Å². The fourth-order valence-electron chi connectivity index (χ4n) is 4.03. The number of hydrogen-bond acceptors (Lipinski definition) is 1. The Morgan fingerprint density at radius 1 is 1.31 bits per heavy atom. The van der Waals surface area contributed by atoms with E-state index in [0.717, 1.165) is 6.42 Å². The molecule has 4 unspecified atom stereocenters. The van der Waals surface area contributed by atoms with Gasteiger partial charge < -0.3 is 5.11 Å². The molecule has 0 aromatic rings. The summed E-state index contributed by atoms with van der Waals surface area (Å²) in [6, 6.07) is 0. The van der Waals surface area contributed by atoms with Crippen molar-refractivity contribution >= 4 is 0 Å². The zero-order chi connectivity index (χ0) is 12.0. The highest BCUT2D eigenvalue weighted by Crippen LogP contribution is 2.57. The van der Waals surface area contributed by atoms with Crippen LogP contribution in [0, 0.1) is 17.3 Å². The zero-order valence-electron chi connectivity index (χ0n) is 11.1. The van der Waals surface area contributed by atoms with Crippen molar-refractivity contribution in [2.24, 2.45) is 17.3 Å². The van der Waals surface area contributed by atoms with Crippen LogP contribution in [-0.4, -0.2) is 10.7 Å². The molecule has 0 aromatic carbocycles. The Labute approximate surface area is 99.9 Å². The van der Waals surface area contributed by atoms with Gasteiger partial charge in [0.2, 0.25) is 0 Å². The van der Waals surface area contributed by atoms with Crippen molar-refractivity contribution in [3.05, 3.63) is 12.2 Å². The Bertz CT molecular complexity index is 296. The van der Waals surface area contributed by atoms with Crippen LogP contribution in [0.15, 0.2) is 12.2 Å². The van der Waals surface area contributed by atoms with Gasteiger partial charge in [-0.1, -0.05) is 32.4 Å². The van der Waals surface area contributed by atoms with Crippen LogP contribution in [0.2, 0.25) is 0 Å². The van der Waals surface area contributed by atoms with Crippen molar-refractivity contribution < 1.29 is 5.11 Å². The van der Waals surface area contributed by atoms with E-state index in [1.54, 1.807) is 0 Å². The lowest BCUT2D eigenvalue weighted by molar-refractivity contribution is -0.173. The molecule has 0 aliphatic heterocycles. The number of fused-ring (bicyclic) bond motifs is 1. The monoisotopic (exact) mass is 222 g/mol. The molecule has 16 heavy (non-hydrogen) atoms. The lowest BCUT2D eigenvalue weighted by Gasteiger charge is -2.57. The molecule has 2 fully saturated rings. The molecule has 4 atom stereocenters. The maximum atomic E-state index is 11.1. The average molecular weight is 222 g/mol. The molecule has 2 rings (SSSR count). The van der Waals surface area contributed by atoms with Gasteiger partial charge in [-0.05, 0) is 56.3 Å². The molecule has 2 saturated carbocycles. The van der Waals surface area contributed by atoms with E-state index in [1.807, 2.05) is 0 Å². The Balaban J connectivity index is 2.26. The highest BCUT2D eigenvalue weighted by Gasteiger charge is 2.55. The Hall–Kier alpha value is -0.300. The SMILES string of the molecule is C=C(C)C1CCC2(C)CCCC(C)C2(O)C1. The van der Waals surface area contributed by atoms with Gasteiger partial charge in [0, 0.05) is 0 Å². The molecule has 2 aliphatic carbocycles. The predicted molar refractivity (Wildman–Crippen MR) is 68.2 cm³/mol. The summed E-state index contributed by atoms with van der Waals surface area (Å²) in [5.74, 6) is 0.993. The van der Waals surface area contributed by atoms with Crippen molar-refractivity contribution in [3.63, 3.8) is 0 Å². The molecular weight excluding hydrogens is 196 g/mol. The molecule has 0 amide bonds. The molecule has 0 radical (unpaired) electrons. The molecule has 1 nitrogen and oxygen atoms in total. The van der Waals surface area contributed by atoms with Gasteiger partial charge >= 0.3 is 0 Å². The molecule has 0 aromatic heterocycles. The highest BCUT2D eigenvalue weighted by molar-refractivity contribution is 5.11. The fraction of sp³-hybridized carbons (Fsp3) is 0.867. The predicted octanol–water partition coefficient (Wildman–Crippen LogP) is 3.92. The number of allylic oxidation sites excluding steroid dienone is 1. The van der Waals surface area contributed by atoms with E-state index < -0.39 is 5.60 Å². The van der Waals surface area contributed by atoms with Crippen LogP contribution < -0.4 is 0 Å². The number of aliphatic hydroxyl groups is 1. The van der Waals surface area contributed by atoms with Gasteiger partial charge in [-0.15, -0.1) is 0 Å². The summed E-state index contributed by atoms with van der Waals surface area (Å²) in [4.78, 5) is 0. The quantitative estimate of drug-likeness (QED) is 0.667. The maximum Gasteiger partial charge on any atom is 0.0732 e. The molecule has 92 valence electrons. The molecular formula is C15H26O. The molecule has 0 saturated heterocycles. The summed E-state index contributed by atoms with van der Waals surface area (Å²) in [7, 11) is 0. The third kappa shape index (κ3) is 1.64. The first kappa shape index (κ1) is 12.2. The largest absolute Gasteiger partial charge is 0.389 e. The van der Waals surface area contributed by atoms with Gasteiger partial charge in [0.25, 0.3) is 0 Å². The van der Waals surface area contributed by atoms with E-state index in [-0.39, 0.29) is 5.41 Å². The molecule has 1 N–H and O–H groups in total. The van der Waals surface area contributed by atoms with Gasteiger partial charge in [-0.3, -0.25) is 0 Å². The van der Waals surface area contributed by atoms with E-state index >= 15 is 0 Å². The van der Waals surface area contributed by atoms with Crippen LogP contribution in [-0.2, 0) is 0 Å². The number of hydrogen-bond donors (Lipinski definition) is 1. The van der Waals surface area contributed by atoms with Crippen LogP contribution in [0.25, 0.3) is 0 Å². The van der Waals surface area contributed by atoms with E-state index in [2.05, 4.69) is 27.4 Å². The van der Waals surface area contributed by atoms with Gasteiger partial charge in [-0.25, -0.2) is 0 Å². The van der Waals surface area contributed by atoms with E-state index in [9.17, 15) is 5.11 Å². The standard InChI is InChI=1S/C15H26O/c1-11(2)13-7-9-14(4)8-5-6-12(3)15(14,16)10-13/h12-13,16H,1,5-10H2,2-4H3. The summed E-state index contributed by atoms with van der Waals surface area (Å²) < 4.78 is 0. The first-order chi connectivity index (χ1) is 7.39. The normalized spacial score (nSPS) is 48.5. The molecule has 0 bridgehead atoms. The third-order valence-corrected chi connectivity index (χ3v) is 5.53.